The lowest BCUT2D eigenvalue weighted by atomic mass is 9.91. The quantitative estimate of drug-likeness (QED) is 0.210. The van der Waals surface area contributed by atoms with Crippen LogP contribution in [0.3, 0.4) is 0 Å². The van der Waals surface area contributed by atoms with Gasteiger partial charge in [0, 0.05) is 59.3 Å². The lowest BCUT2D eigenvalue weighted by molar-refractivity contribution is 0.403. The van der Waals surface area contributed by atoms with E-state index in [-0.39, 0.29) is 23.2 Å². The van der Waals surface area contributed by atoms with Crippen molar-refractivity contribution in [2.45, 2.75) is 40.5 Å². The van der Waals surface area contributed by atoms with Gasteiger partial charge in [0.25, 0.3) is 0 Å². The van der Waals surface area contributed by atoms with Gasteiger partial charge in [0.05, 0.1) is 11.2 Å². The van der Waals surface area contributed by atoms with Gasteiger partial charge in [-0.15, -0.1) is 0 Å². The van der Waals surface area contributed by atoms with Gasteiger partial charge in [0.1, 0.15) is 23.0 Å². The molecule has 39 heavy (non-hydrogen) atoms. The van der Waals surface area contributed by atoms with Crippen LogP contribution in [0.2, 0.25) is 0 Å². The Morgan fingerprint density at radius 3 is 2.56 bits per heavy atom. The van der Waals surface area contributed by atoms with E-state index in [2.05, 4.69) is 59.2 Å². The van der Waals surface area contributed by atoms with Gasteiger partial charge in [0.2, 0.25) is 0 Å². The number of nitrogen functional groups attached to an aromatic ring is 1. The number of nitrogens with two attached hydrogens (primary N) is 1. The highest BCUT2D eigenvalue weighted by Crippen LogP contribution is 2.29. The van der Waals surface area contributed by atoms with Crippen molar-refractivity contribution in [1.82, 2.24) is 30.2 Å². The zero-order valence-electron chi connectivity index (χ0n) is 22.8. The van der Waals surface area contributed by atoms with E-state index in [9.17, 15) is 0 Å². The normalized spacial score (nSPS) is 12.5. The molecule has 4 aromatic rings. The highest BCUT2D eigenvalue weighted by molar-refractivity contribution is 5.89. The van der Waals surface area contributed by atoms with Crippen LogP contribution in [0.25, 0.3) is 27.9 Å². The third-order valence-electron chi connectivity index (χ3n) is 6.11. The lowest BCUT2D eigenvalue weighted by Gasteiger charge is -2.21. The average molecular weight is 524 g/mol. The van der Waals surface area contributed by atoms with Crippen LogP contribution in [0.1, 0.15) is 51.1 Å². The van der Waals surface area contributed by atoms with Crippen LogP contribution >= 0.6 is 0 Å². The van der Waals surface area contributed by atoms with E-state index in [1.807, 2.05) is 37.3 Å². The van der Waals surface area contributed by atoms with Gasteiger partial charge in [-0.05, 0) is 54.7 Å². The molecule has 0 aromatic carbocycles. The first-order chi connectivity index (χ1) is 18.6. The molecule has 4 heterocycles. The Hall–Kier alpha value is -4.59. The maximum Gasteiger partial charge on any atom is 0.139 e. The summed E-state index contributed by atoms with van der Waals surface area (Å²) in [4.78, 5) is 20.9. The molecule has 4 rings (SSSR count). The molecule has 0 saturated carbocycles. The van der Waals surface area contributed by atoms with Crippen LogP contribution in [0.4, 0.5) is 10.2 Å². The van der Waals surface area contributed by atoms with Crippen LogP contribution in [-0.2, 0) is 6.42 Å². The van der Waals surface area contributed by atoms with Gasteiger partial charge in [-0.3, -0.25) is 9.97 Å². The van der Waals surface area contributed by atoms with Crippen molar-refractivity contribution in [2.24, 2.45) is 5.41 Å². The van der Waals surface area contributed by atoms with E-state index in [0.717, 1.165) is 28.9 Å². The highest BCUT2D eigenvalue weighted by atomic mass is 19.1. The maximum absolute atomic E-state index is 16.0. The lowest BCUT2D eigenvalue weighted by Crippen LogP contribution is -2.16. The first-order valence-electron chi connectivity index (χ1n) is 12.7. The van der Waals surface area contributed by atoms with Crippen molar-refractivity contribution in [3.05, 3.63) is 109 Å². The molecule has 4 aromatic heterocycles. The SMILES string of the molecule is C=C/C(=C\C(=C/C)c1cnc(N)c(Cc2nc3c(-c4ccncc4)nccc3[nH]2)c1F)NC(=C)CC(C)(C)C. The van der Waals surface area contributed by atoms with E-state index < -0.39 is 5.82 Å². The summed E-state index contributed by atoms with van der Waals surface area (Å²) in [6.45, 7) is 16.3. The second-order valence-corrected chi connectivity index (χ2v) is 10.5. The fourth-order valence-corrected chi connectivity index (χ4v) is 4.39. The molecule has 0 spiro atoms. The monoisotopic (exact) mass is 523 g/mol. The second-order valence-electron chi connectivity index (χ2n) is 10.5. The maximum atomic E-state index is 16.0. The number of halogens is 1. The summed E-state index contributed by atoms with van der Waals surface area (Å²) in [6.07, 6.45) is 12.8. The molecule has 7 nitrogen and oxygen atoms in total. The Morgan fingerprint density at radius 1 is 1.15 bits per heavy atom. The van der Waals surface area contributed by atoms with Crippen LogP contribution in [-0.4, -0.2) is 24.9 Å². The van der Waals surface area contributed by atoms with E-state index in [1.54, 1.807) is 24.7 Å². The van der Waals surface area contributed by atoms with Crippen molar-refractivity contribution in [1.29, 1.82) is 0 Å². The van der Waals surface area contributed by atoms with Crippen molar-refractivity contribution < 1.29 is 4.39 Å². The predicted octanol–water partition coefficient (Wildman–Crippen LogP) is 6.74. The molecular weight excluding hydrogens is 489 g/mol. The summed E-state index contributed by atoms with van der Waals surface area (Å²) in [6, 6.07) is 5.58. The molecule has 0 radical (unpaired) electrons. The van der Waals surface area contributed by atoms with Crippen LogP contribution < -0.4 is 11.1 Å². The Morgan fingerprint density at radius 2 is 1.90 bits per heavy atom. The second kappa shape index (κ2) is 11.4. The molecule has 0 unspecified atom stereocenters. The van der Waals surface area contributed by atoms with E-state index in [4.69, 9.17) is 10.7 Å². The molecule has 4 N–H and O–H groups in total. The van der Waals surface area contributed by atoms with E-state index in [1.165, 1.54) is 6.20 Å². The number of aromatic nitrogens is 5. The summed E-state index contributed by atoms with van der Waals surface area (Å²) in [7, 11) is 0. The van der Waals surface area contributed by atoms with Crippen LogP contribution in [0.15, 0.2) is 85.8 Å². The number of hydrogen-bond donors (Lipinski definition) is 3. The molecule has 0 bridgehead atoms. The number of nitrogens with zero attached hydrogens (tertiary/aromatic N) is 4. The topological polar surface area (TPSA) is 105 Å². The van der Waals surface area contributed by atoms with E-state index in [0.29, 0.717) is 28.2 Å². The molecule has 0 atom stereocenters. The first-order valence-corrected chi connectivity index (χ1v) is 12.7. The Balaban J connectivity index is 1.66. The number of aromatic amines is 1. The Bertz CT molecular complexity index is 1570. The molecule has 0 aliphatic rings. The number of nitrogens with one attached hydrogen (secondary N) is 2. The summed E-state index contributed by atoms with van der Waals surface area (Å²) in [5, 5.41) is 3.29. The van der Waals surface area contributed by atoms with Crippen LogP contribution in [0, 0.1) is 11.2 Å². The van der Waals surface area contributed by atoms with E-state index >= 15 is 4.39 Å². The fraction of sp³-hybridized carbons (Fsp3) is 0.226. The zero-order chi connectivity index (χ0) is 28.2. The molecule has 200 valence electrons. The smallest absolute Gasteiger partial charge is 0.139 e. The Kier molecular flexibility index (Phi) is 8.04. The minimum atomic E-state index is -0.447. The third kappa shape index (κ3) is 6.46. The van der Waals surface area contributed by atoms with Crippen molar-refractivity contribution in [2.75, 3.05) is 5.73 Å². The van der Waals surface area contributed by atoms with Gasteiger partial charge >= 0.3 is 0 Å². The third-order valence-corrected chi connectivity index (χ3v) is 6.11. The minimum Gasteiger partial charge on any atom is -0.383 e. The van der Waals surface area contributed by atoms with Gasteiger partial charge in [-0.2, -0.15) is 0 Å². The molecule has 0 aliphatic carbocycles. The van der Waals surface area contributed by atoms with Gasteiger partial charge in [-0.25, -0.2) is 14.4 Å². The number of hydrogen-bond acceptors (Lipinski definition) is 6. The van der Waals surface area contributed by atoms with Gasteiger partial charge in [-0.1, -0.05) is 40.0 Å². The zero-order valence-corrected chi connectivity index (χ0v) is 22.8. The number of rotatable bonds is 9. The van der Waals surface area contributed by atoms with Crippen molar-refractivity contribution >= 4 is 22.4 Å². The summed E-state index contributed by atoms with van der Waals surface area (Å²) < 4.78 is 16.0. The number of anilines is 1. The highest BCUT2D eigenvalue weighted by Gasteiger charge is 2.19. The number of pyridine rings is 3. The fourth-order valence-electron chi connectivity index (χ4n) is 4.39. The molecule has 0 saturated heterocycles. The summed E-state index contributed by atoms with van der Waals surface area (Å²) >= 11 is 0. The number of imidazole rings is 1. The molecule has 0 amide bonds. The number of fused-ring (bicyclic) bond motifs is 1. The van der Waals surface area contributed by atoms with Gasteiger partial charge < -0.3 is 16.0 Å². The van der Waals surface area contributed by atoms with Gasteiger partial charge in [0.15, 0.2) is 0 Å². The average Bonchev–Trinajstić information content (AvgIpc) is 3.31. The summed E-state index contributed by atoms with van der Waals surface area (Å²) in [5.74, 6) is 0.225. The summed E-state index contributed by atoms with van der Waals surface area (Å²) in [5.41, 5.74) is 12.1. The number of allylic oxidation sites excluding steroid dienone is 5. The van der Waals surface area contributed by atoms with Crippen molar-refractivity contribution in [3.8, 4) is 11.3 Å². The first kappa shape index (κ1) is 27.4. The predicted molar refractivity (Wildman–Crippen MR) is 157 cm³/mol. The van der Waals surface area contributed by atoms with Crippen molar-refractivity contribution in [3.63, 3.8) is 0 Å². The van der Waals surface area contributed by atoms with Crippen LogP contribution in [0.5, 0.6) is 0 Å². The molecule has 0 aliphatic heterocycles. The largest absolute Gasteiger partial charge is 0.383 e. The number of H-pyrrole nitrogens is 1. The standard InChI is InChI=1S/C31H34FN7/c1-7-20(15-22(8-2)37-19(3)17-31(4,5)6)24-18-36-30(33)23(27(24)32)16-26-38-25-11-14-35-28(29(25)39-26)21-9-12-34-13-10-21/h7-15,18,37H,2-3,16-17H2,1,4-6H3,(H2,33,36)(H,38,39)/b20-7+,22-15+. The molecular formula is C31H34FN7. The molecule has 0 fully saturated rings. The Labute approximate surface area is 228 Å². The molecule has 8 heteroatoms. The minimum absolute atomic E-state index is 0.0768.